The highest BCUT2D eigenvalue weighted by Gasteiger charge is 2.21. The van der Waals surface area contributed by atoms with Crippen LogP contribution in [0.4, 0.5) is 0 Å². The van der Waals surface area contributed by atoms with Crippen LogP contribution in [-0.4, -0.2) is 25.3 Å². The van der Waals surface area contributed by atoms with Crippen LogP contribution in [0.1, 0.15) is 46.0 Å². The first-order valence-corrected chi connectivity index (χ1v) is 6.19. The summed E-state index contributed by atoms with van der Waals surface area (Å²) < 4.78 is 10.2. The molecule has 1 saturated heterocycles. The summed E-state index contributed by atoms with van der Waals surface area (Å²) in [5.74, 6) is -0.183. The first-order chi connectivity index (χ1) is 7.74. The Labute approximate surface area is 97.8 Å². The Morgan fingerprint density at radius 3 is 2.81 bits per heavy atom. The molecular weight excluding hydrogens is 204 g/mol. The zero-order chi connectivity index (χ0) is 11.8. The van der Waals surface area contributed by atoms with E-state index in [-0.39, 0.29) is 5.97 Å². The summed E-state index contributed by atoms with van der Waals surface area (Å²) in [5.41, 5.74) is 0.700. The number of esters is 1. The number of rotatable bonds is 8. The van der Waals surface area contributed by atoms with Crippen LogP contribution in [0.2, 0.25) is 0 Å². The molecule has 1 heterocycles. The van der Waals surface area contributed by atoms with Crippen LogP contribution < -0.4 is 0 Å². The van der Waals surface area contributed by atoms with Crippen molar-refractivity contribution in [1.29, 1.82) is 0 Å². The number of ether oxygens (including phenoxy) is 2. The highest BCUT2D eigenvalue weighted by Crippen LogP contribution is 2.15. The molecule has 0 spiro atoms. The molecule has 0 bridgehead atoms. The van der Waals surface area contributed by atoms with E-state index >= 15 is 0 Å². The summed E-state index contributed by atoms with van der Waals surface area (Å²) in [4.78, 5) is 11.5. The van der Waals surface area contributed by atoms with Gasteiger partial charge in [0.15, 0.2) is 0 Å². The van der Waals surface area contributed by atoms with Crippen molar-refractivity contribution in [2.24, 2.45) is 0 Å². The maximum atomic E-state index is 11.5. The number of hydrogen-bond donors (Lipinski definition) is 0. The minimum absolute atomic E-state index is 0.183. The first-order valence-electron chi connectivity index (χ1n) is 6.19. The van der Waals surface area contributed by atoms with Crippen molar-refractivity contribution in [3.05, 3.63) is 11.6 Å². The fourth-order valence-corrected chi connectivity index (χ4v) is 1.40. The smallest absolute Gasteiger partial charge is 0.333 e. The predicted molar refractivity (Wildman–Crippen MR) is 63.2 cm³/mol. The van der Waals surface area contributed by atoms with Gasteiger partial charge in [-0.1, -0.05) is 32.3 Å². The summed E-state index contributed by atoms with van der Waals surface area (Å²) in [6.07, 6.45) is 7.61. The van der Waals surface area contributed by atoms with E-state index in [4.69, 9.17) is 9.47 Å². The Hall–Kier alpha value is -0.830. The molecule has 92 valence electrons. The predicted octanol–water partition coefficient (Wildman–Crippen LogP) is 2.85. The lowest BCUT2D eigenvalue weighted by Gasteiger charge is -2.04. The molecule has 3 nitrogen and oxygen atoms in total. The van der Waals surface area contributed by atoms with Gasteiger partial charge in [-0.05, 0) is 19.8 Å². The standard InChI is InChI=1S/C13H22O3/c1-3-4-5-6-9-15-13(14)11(2)7-8-12-10-16-12/h7,12H,3-6,8-10H2,1-2H3/b11-7+. The van der Waals surface area contributed by atoms with Gasteiger partial charge in [-0.25, -0.2) is 4.79 Å². The molecule has 0 aromatic heterocycles. The maximum absolute atomic E-state index is 11.5. The van der Waals surface area contributed by atoms with Gasteiger partial charge in [0.05, 0.1) is 19.3 Å². The molecule has 1 rings (SSSR count). The topological polar surface area (TPSA) is 38.8 Å². The third-order valence-corrected chi connectivity index (χ3v) is 2.64. The van der Waals surface area contributed by atoms with Gasteiger partial charge in [0.25, 0.3) is 0 Å². The SMILES string of the molecule is CCCCCCOC(=O)/C(C)=C/CC1CO1. The zero-order valence-corrected chi connectivity index (χ0v) is 10.3. The van der Waals surface area contributed by atoms with Crippen LogP contribution in [0.15, 0.2) is 11.6 Å². The van der Waals surface area contributed by atoms with Crippen LogP contribution in [-0.2, 0) is 14.3 Å². The normalized spacial score (nSPS) is 19.6. The minimum Gasteiger partial charge on any atom is -0.462 e. The number of carbonyl (C=O) groups excluding carboxylic acids is 1. The molecule has 3 heteroatoms. The molecule has 1 atom stereocenters. The number of hydrogen-bond acceptors (Lipinski definition) is 3. The van der Waals surface area contributed by atoms with E-state index < -0.39 is 0 Å². The van der Waals surface area contributed by atoms with Gasteiger partial charge in [0.1, 0.15) is 0 Å². The van der Waals surface area contributed by atoms with Crippen LogP contribution in [0.3, 0.4) is 0 Å². The van der Waals surface area contributed by atoms with Crippen molar-refractivity contribution in [2.45, 2.75) is 52.1 Å². The molecule has 0 aromatic carbocycles. The summed E-state index contributed by atoms with van der Waals surface area (Å²) >= 11 is 0. The van der Waals surface area contributed by atoms with E-state index in [0.29, 0.717) is 18.3 Å². The second-order valence-corrected chi connectivity index (χ2v) is 4.27. The Balaban J connectivity index is 2.05. The summed E-state index contributed by atoms with van der Waals surface area (Å²) in [6.45, 7) is 5.34. The first kappa shape index (κ1) is 13.2. The van der Waals surface area contributed by atoms with E-state index in [1.165, 1.54) is 12.8 Å². The van der Waals surface area contributed by atoms with E-state index in [2.05, 4.69) is 6.92 Å². The molecule has 0 amide bonds. The lowest BCUT2D eigenvalue weighted by atomic mass is 10.2. The lowest BCUT2D eigenvalue weighted by molar-refractivity contribution is -0.139. The van der Waals surface area contributed by atoms with Gasteiger partial charge in [-0.2, -0.15) is 0 Å². The van der Waals surface area contributed by atoms with Gasteiger partial charge >= 0.3 is 5.97 Å². The fourth-order valence-electron chi connectivity index (χ4n) is 1.40. The van der Waals surface area contributed by atoms with Crippen LogP contribution in [0, 0.1) is 0 Å². The van der Waals surface area contributed by atoms with Crippen molar-refractivity contribution in [1.82, 2.24) is 0 Å². The molecule has 0 N–H and O–H groups in total. The number of carbonyl (C=O) groups is 1. The van der Waals surface area contributed by atoms with Crippen LogP contribution >= 0.6 is 0 Å². The van der Waals surface area contributed by atoms with E-state index in [0.717, 1.165) is 25.9 Å². The number of epoxide rings is 1. The van der Waals surface area contributed by atoms with Gasteiger partial charge in [0, 0.05) is 5.57 Å². The molecule has 1 fully saturated rings. The molecule has 16 heavy (non-hydrogen) atoms. The maximum Gasteiger partial charge on any atom is 0.333 e. The average Bonchev–Trinajstić information content (AvgIpc) is 3.09. The third-order valence-electron chi connectivity index (χ3n) is 2.64. The Morgan fingerprint density at radius 2 is 2.19 bits per heavy atom. The second kappa shape index (κ2) is 7.44. The summed E-state index contributed by atoms with van der Waals surface area (Å²) in [5, 5.41) is 0. The van der Waals surface area contributed by atoms with Crippen LogP contribution in [0.5, 0.6) is 0 Å². The molecular formula is C13H22O3. The molecule has 0 saturated carbocycles. The Kier molecular flexibility index (Phi) is 6.16. The van der Waals surface area contributed by atoms with Crippen molar-refractivity contribution in [3.63, 3.8) is 0 Å². The molecule has 1 aliphatic heterocycles. The summed E-state index contributed by atoms with van der Waals surface area (Å²) in [7, 11) is 0. The fraction of sp³-hybridized carbons (Fsp3) is 0.769. The quantitative estimate of drug-likeness (QED) is 0.276. The number of unbranched alkanes of at least 4 members (excludes halogenated alkanes) is 3. The summed E-state index contributed by atoms with van der Waals surface area (Å²) in [6, 6.07) is 0. The van der Waals surface area contributed by atoms with Gasteiger partial charge in [-0.15, -0.1) is 0 Å². The average molecular weight is 226 g/mol. The molecule has 0 aromatic rings. The van der Waals surface area contributed by atoms with Crippen LogP contribution in [0.25, 0.3) is 0 Å². The largest absolute Gasteiger partial charge is 0.462 e. The van der Waals surface area contributed by atoms with Crippen molar-refractivity contribution in [3.8, 4) is 0 Å². The van der Waals surface area contributed by atoms with E-state index in [9.17, 15) is 4.79 Å². The van der Waals surface area contributed by atoms with Crippen molar-refractivity contribution in [2.75, 3.05) is 13.2 Å². The van der Waals surface area contributed by atoms with Crippen molar-refractivity contribution >= 4 is 5.97 Å². The van der Waals surface area contributed by atoms with Gasteiger partial charge in [-0.3, -0.25) is 0 Å². The molecule has 0 radical (unpaired) electrons. The van der Waals surface area contributed by atoms with E-state index in [1.54, 1.807) is 6.92 Å². The molecule has 1 unspecified atom stereocenters. The van der Waals surface area contributed by atoms with Crippen molar-refractivity contribution < 1.29 is 14.3 Å². The third kappa shape index (κ3) is 5.91. The lowest BCUT2D eigenvalue weighted by Crippen LogP contribution is -2.07. The van der Waals surface area contributed by atoms with Gasteiger partial charge in [0.2, 0.25) is 0 Å². The highest BCUT2D eigenvalue weighted by molar-refractivity contribution is 5.87. The molecule has 0 aliphatic carbocycles. The minimum atomic E-state index is -0.183. The Bertz CT molecular complexity index is 242. The van der Waals surface area contributed by atoms with Gasteiger partial charge < -0.3 is 9.47 Å². The Morgan fingerprint density at radius 1 is 1.44 bits per heavy atom. The zero-order valence-electron chi connectivity index (χ0n) is 10.3. The molecule has 1 aliphatic rings. The monoisotopic (exact) mass is 226 g/mol. The highest BCUT2D eigenvalue weighted by atomic mass is 16.6. The van der Waals surface area contributed by atoms with E-state index in [1.807, 2.05) is 6.08 Å². The second-order valence-electron chi connectivity index (χ2n) is 4.27.